The van der Waals surface area contributed by atoms with Crippen LogP contribution in [0.4, 0.5) is 0 Å². The Balaban J connectivity index is 1.80. The van der Waals surface area contributed by atoms with E-state index in [4.69, 9.17) is 0 Å². The average Bonchev–Trinajstić information content (AvgIpc) is 2.99. The number of nitrogens with zero attached hydrogens (tertiary/aromatic N) is 1. The highest BCUT2D eigenvalue weighted by molar-refractivity contribution is 6.08. The zero-order chi connectivity index (χ0) is 18.5. The van der Waals surface area contributed by atoms with E-state index in [9.17, 15) is 9.59 Å². The number of para-hydroxylation sites is 1. The number of methoxy groups -OCH3 is 1. The molecule has 5 nitrogen and oxygen atoms in total. The van der Waals surface area contributed by atoms with E-state index in [2.05, 4.69) is 45.8 Å². The van der Waals surface area contributed by atoms with Crippen LogP contribution in [0.3, 0.4) is 0 Å². The van der Waals surface area contributed by atoms with Crippen molar-refractivity contribution in [1.82, 2.24) is 9.88 Å². The Morgan fingerprint density at radius 2 is 1.88 bits per heavy atom. The molecule has 1 N–H and O–H groups in total. The first-order chi connectivity index (χ1) is 12.6. The predicted molar refractivity (Wildman–Crippen MR) is 104 cm³/mol. The van der Waals surface area contributed by atoms with Gasteiger partial charge in [-0.1, -0.05) is 24.3 Å². The van der Waals surface area contributed by atoms with Crippen LogP contribution in [0.2, 0.25) is 0 Å². The first kappa shape index (κ1) is 17.7. The number of carbonyl (C=O) groups is 2. The molecule has 5 heteroatoms. The fraction of sp³-hybridized carbons (Fsp3) is 0.238. The molecule has 0 spiro atoms. The summed E-state index contributed by atoms with van der Waals surface area (Å²) in [4.78, 5) is 22.9. The molecule has 0 aliphatic heterocycles. The minimum absolute atomic E-state index is 0.165. The normalized spacial score (nSPS) is 11.3. The highest BCUT2D eigenvalue weighted by Crippen LogP contribution is 2.29. The van der Waals surface area contributed by atoms with E-state index in [0.29, 0.717) is 0 Å². The largest absolute Gasteiger partial charge is 0.469 e. The number of aryl methyl sites for hydroxylation is 1. The van der Waals surface area contributed by atoms with Crippen molar-refractivity contribution < 1.29 is 14.3 Å². The number of rotatable bonds is 6. The number of esters is 1. The van der Waals surface area contributed by atoms with Crippen LogP contribution in [0.25, 0.3) is 27.9 Å². The highest BCUT2D eigenvalue weighted by Gasteiger charge is 2.09. The SMILES string of the molecule is CCn1c2ccccc2c2cc(/C=C/C(=O)NCCC(=O)OC)ccc21. The zero-order valence-corrected chi connectivity index (χ0v) is 15.0. The molecule has 134 valence electrons. The molecule has 0 saturated carbocycles. The van der Waals surface area contributed by atoms with Crippen molar-refractivity contribution in [1.29, 1.82) is 0 Å². The Morgan fingerprint density at radius 3 is 2.65 bits per heavy atom. The molecule has 3 rings (SSSR count). The fourth-order valence-corrected chi connectivity index (χ4v) is 3.14. The lowest BCUT2D eigenvalue weighted by atomic mass is 10.1. The van der Waals surface area contributed by atoms with Gasteiger partial charge >= 0.3 is 5.97 Å². The predicted octanol–water partition coefficient (Wildman–Crippen LogP) is 3.51. The molecule has 0 radical (unpaired) electrons. The third-order valence-corrected chi connectivity index (χ3v) is 4.40. The first-order valence-corrected chi connectivity index (χ1v) is 8.67. The van der Waals surface area contributed by atoms with Crippen LogP contribution in [-0.4, -0.2) is 30.1 Å². The van der Waals surface area contributed by atoms with E-state index in [-0.39, 0.29) is 24.8 Å². The number of hydrogen-bond donors (Lipinski definition) is 1. The summed E-state index contributed by atoms with van der Waals surface area (Å²) in [7, 11) is 1.33. The van der Waals surface area contributed by atoms with Gasteiger partial charge in [0.25, 0.3) is 0 Å². The minimum Gasteiger partial charge on any atom is -0.469 e. The van der Waals surface area contributed by atoms with Gasteiger partial charge in [0.1, 0.15) is 0 Å². The number of benzene rings is 2. The molecule has 0 bridgehead atoms. The highest BCUT2D eigenvalue weighted by atomic mass is 16.5. The number of amides is 1. The van der Waals surface area contributed by atoms with Crippen molar-refractivity contribution in [3.8, 4) is 0 Å². The summed E-state index contributed by atoms with van der Waals surface area (Å²) >= 11 is 0. The Morgan fingerprint density at radius 1 is 1.12 bits per heavy atom. The third-order valence-electron chi connectivity index (χ3n) is 4.40. The van der Waals surface area contributed by atoms with Gasteiger partial charge in [-0.2, -0.15) is 0 Å². The van der Waals surface area contributed by atoms with Gasteiger partial charge < -0.3 is 14.6 Å². The second-order valence-corrected chi connectivity index (χ2v) is 5.99. The Bertz CT molecular complexity index is 985. The van der Waals surface area contributed by atoms with Gasteiger partial charge in [0.2, 0.25) is 5.91 Å². The number of carbonyl (C=O) groups excluding carboxylic acids is 2. The molecule has 0 saturated heterocycles. The summed E-state index contributed by atoms with van der Waals surface area (Å²) in [6.07, 6.45) is 3.43. The van der Waals surface area contributed by atoms with Crippen LogP contribution < -0.4 is 5.32 Å². The molecule has 0 aliphatic carbocycles. The van der Waals surface area contributed by atoms with Gasteiger partial charge in [0.15, 0.2) is 0 Å². The molecule has 0 fully saturated rings. The number of ether oxygens (including phenoxy) is 1. The first-order valence-electron chi connectivity index (χ1n) is 8.67. The number of hydrogen-bond acceptors (Lipinski definition) is 3. The maximum atomic E-state index is 11.9. The molecule has 1 aromatic heterocycles. The monoisotopic (exact) mass is 350 g/mol. The van der Waals surface area contributed by atoms with E-state index in [1.54, 1.807) is 6.08 Å². The van der Waals surface area contributed by atoms with Crippen molar-refractivity contribution in [3.05, 3.63) is 54.1 Å². The number of fused-ring (bicyclic) bond motifs is 3. The van der Waals surface area contributed by atoms with Gasteiger partial charge in [-0.3, -0.25) is 9.59 Å². The van der Waals surface area contributed by atoms with Crippen molar-refractivity contribution in [2.24, 2.45) is 0 Å². The van der Waals surface area contributed by atoms with E-state index >= 15 is 0 Å². The van der Waals surface area contributed by atoms with E-state index in [1.165, 1.54) is 35.0 Å². The van der Waals surface area contributed by atoms with Crippen molar-refractivity contribution in [3.63, 3.8) is 0 Å². The second kappa shape index (κ2) is 7.87. The lowest BCUT2D eigenvalue weighted by molar-refractivity contribution is -0.140. The Labute approximate surface area is 152 Å². The van der Waals surface area contributed by atoms with Crippen molar-refractivity contribution >= 4 is 39.8 Å². The van der Waals surface area contributed by atoms with Gasteiger partial charge in [0, 0.05) is 41.0 Å². The van der Waals surface area contributed by atoms with Crippen LogP contribution in [0.5, 0.6) is 0 Å². The van der Waals surface area contributed by atoms with Gasteiger partial charge in [0.05, 0.1) is 13.5 Å². The van der Waals surface area contributed by atoms with Crippen LogP contribution in [0, 0.1) is 0 Å². The minimum atomic E-state index is -0.341. The topological polar surface area (TPSA) is 60.3 Å². The number of nitrogens with one attached hydrogen (secondary N) is 1. The molecule has 0 atom stereocenters. The van der Waals surface area contributed by atoms with Gasteiger partial charge in [-0.05, 0) is 36.8 Å². The molecule has 1 heterocycles. The van der Waals surface area contributed by atoms with E-state index < -0.39 is 0 Å². The molecule has 2 aromatic carbocycles. The summed E-state index contributed by atoms with van der Waals surface area (Å²) in [6.45, 7) is 3.30. The average molecular weight is 350 g/mol. The summed E-state index contributed by atoms with van der Waals surface area (Å²) in [5.74, 6) is -0.572. The van der Waals surface area contributed by atoms with E-state index in [0.717, 1.165) is 12.1 Å². The molecule has 26 heavy (non-hydrogen) atoms. The van der Waals surface area contributed by atoms with Crippen molar-refractivity contribution in [2.75, 3.05) is 13.7 Å². The maximum Gasteiger partial charge on any atom is 0.307 e. The second-order valence-electron chi connectivity index (χ2n) is 5.99. The summed E-state index contributed by atoms with van der Waals surface area (Å²) in [6, 6.07) is 14.5. The summed E-state index contributed by atoms with van der Waals surface area (Å²) < 4.78 is 6.83. The quantitative estimate of drug-likeness (QED) is 0.547. The zero-order valence-electron chi connectivity index (χ0n) is 15.0. The van der Waals surface area contributed by atoms with Crippen LogP contribution in [0.15, 0.2) is 48.5 Å². The molecule has 1 amide bonds. The molecule has 3 aromatic rings. The lowest BCUT2D eigenvalue weighted by Crippen LogP contribution is -2.24. The molecular formula is C21H22N2O3. The fourth-order valence-electron chi connectivity index (χ4n) is 3.14. The van der Waals surface area contributed by atoms with E-state index in [1.807, 2.05) is 18.2 Å². The maximum absolute atomic E-state index is 11.9. The third kappa shape index (κ3) is 3.61. The summed E-state index contributed by atoms with van der Waals surface area (Å²) in [5, 5.41) is 5.05. The molecule has 0 aliphatic rings. The van der Waals surface area contributed by atoms with Gasteiger partial charge in [-0.15, -0.1) is 0 Å². The van der Waals surface area contributed by atoms with Gasteiger partial charge in [-0.25, -0.2) is 0 Å². The smallest absolute Gasteiger partial charge is 0.307 e. The van der Waals surface area contributed by atoms with Crippen LogP contribution >= 0.6 is 0 Å². The molecule has 0 unspecified atom stereocenters. The van der Waals surface area contributed by atoms with Crippen molar-refractivity contribution in [2.45, 2.75) is 19.9 Å². The number of aromatic nitrogens is 1. The standard InChI is InChI=1S/C21H22N2O3/c1-3-23-18-7-5-4-6-16(18)17-14-15(8-10-19(17)23)9-11-20(24)22-13-12-21(25)26-2/h4-11,14H,3,12-13H2,1-2H3,(H,22,24)/b11-9+. The Hall–Kier alpha value is -3.08. The van der Waals surface area contributed by atoms with Crippen LogP contribution in [-0.2, 0) is 20.9 Å². The lowest BCUT2D eigenvalue weighted by Gasteiger charge is -2.03. The summed E-state index contributed by atoms with van der Waals surface area (Å²) in [5.41, 5.74) is 3.36. The molecular weight excluding hydrogens is 328 g/mol. The Kier molecular flexibility index (Phi) is 5.37. The van der Waals surface area contributed by atoms with Crippen LogP contribution in [0.1, 0.15) is 18.9 Å².